The Kier molecular flexibility index (Phi) is 4.99. The Morgan fingerprint density at radius 2 is 1.56 bits per heavy atom. The molecule has 0 saturated carbocycles. The van der Waals surface area contributed by atoms with E-state index >= 15 is 0 Å². The smallest absolute Gasteiger partial charge is 0.277 e. The van der Waals surface area contributed by atoms with Crippen LogP contribution in [-0.4, -0.2) is 29.3 Å². The third kappa shape index (κ3) is 3.30. The summed E-state index contributed by atoms with van der Waals surface area (Å²) < 4.78 is 0. The molecule has 1 saturated heterocycles. The Morgan fingerprint density at radius 1 is 1.04 bits per heavy atom. The number of hydrogen-bond acceptors (Lipinski definition) is 4. The van der Waals surface area contributed by atoms with Crippen molar-refractivity contribution in [3.8, 4) is 0 Å². The summed E-state index contributed by atoms with van der Waals surface area (Å²) in [4.78, 5) is 27.2. The van der Waals surface area contributed by atoms with Crippen molar-refractivity contribution in [2.24, 2.45) is 11.1 Å². The van der Waals surface area contributed by atoms with Crippen LogP contribution in [0, 0.1) is 33.6 Å². The number of rotatable bonds is 3. The average molecular weight is 365 g/mol. The molecule has 2 aromatic carbocycles. The van der Waals surface area contributed by atoms with Gasteiger partial charge in [0.05, 0.1) is 0 Å². The minimum Gasteiger partial charge on any atom is -0.410 e. The van der Waals surface area contributed by atoms with Gasteiger partial charge in [-0.05, 0) is 49.9 Å². The predicted molar refractivity (Wildman–Crippen MR) is 106 cm³/mol. The van der Waals surface area contributed by atoms with Gasteiger partial charge in [-0.3, -0.25) is 9.59 Å². The van der Waals surface area contributed by atoms with Crippen LogP contribution in [0.3, 0.4) is 0 Å². The van der Waals surface area contributed by atoms with Crippen molar-refractivity contribution in [3.05, 3.63) is 58.7 Å². The lowest BCUT2D eigenvalue weighted by atomic mass is 10.0. The number of carbonyl (C=O) groups is 2. The van der Waals surface area contributed by atoms with E-state index in [1.165, 1.54) is 4.90 Å². The highest BCUT2D eigenvalue weighted by atomic mass is 16.4. The van der Waals surface area contributed by atoms with Gasteiger partial charge in [0, 0.05) is 17.9 Å². The lowest BCUT2D eigenvalue weighted by Crippen LogP contribution is -2.30. The Balaban J connectivity index is 1.92. The van der Waals surface area contributed by atoms with Gasteiger partial charge in [0.2, 0.25) is 5.91 Å². The number of oxime groups is 1. The Morgan fingerprint density at radius 3 is 2.07 bits per heavy atom. The molecule has 0 aromatic heterocycles. The third-order valence-corrected chi connectivity index (χ3v) is 5.02. The number of anilines is 2. The van der Waals surface area contributed by atoms with Crippen LogP contribution in [0.25, 0.3) is 0 Å². The van der Waals surface area contributed by atoms with E-state index in [0.29, 0.717) is 0 Å². The van der Waals surface area contributed by atoms with E-state index in [1.807, 2.05) is 64.1 Å². The molecule has 0 radical (unpaired) electrons. The fourth-order valence-corrected chi connectivity index (χ4v) is 3.61. The van der Waals surface area contributed by atoms with Gasteiger partial charge in [0.25, 0.3) is 5.91 Å². The van der Waals surface area contributed by atoms with Crippen molar-refractivity contribution in [3.63, 3.8) is 0 Å². The van der Waals surface area contributed by atoms with E-state index < -0.39 is 11.8 Å². The molecule has 1 heterocycles. The third-order valence-electron chi connectivity index (χ3n) is 5.02. The fraction of sp³-hybridized carbons (Fsp3) is 0.286. The van der Waals surface area contributed by atoms with E-state index in [9.17, 15) is 14.8 Å². The summed E-state index contributed by atoms with van der Waals surface area (Å²) in [5.74, 6) is -1.65. The summed E-state index contributed by atoms with van der Waals surface area (Å²) in [7, 11) is 0. The lowest BCUT2D eigenvalue weighted by Gasteiger charge is -2.21. The molecule has 2 amide bonds. The monoisotopic (exact) mass is 365 g/mol. The molecular weight excluding hydrogens is 342 g/mol. The number of aryl methyl sites for hydroxylation is 4. The van der Waals surface area contributed by atoms with Crippen molar-refractivity contribution in [1.82, 2.24) is 0 Å². The van der Waals surface area contributed by atoms with Crippen LogP contribution in [-0.2, 0) is 9.59 Å². The summed E-state index contributed by atoms with van der Waals surface area (Å²) in [5.41, 5.74) is 5.06. The zero-order chi connectivity index (χ0) is 19.7. The first-order chi connectivity index (χ1) is 12.8. The maximum atomic E-state index is 12.9. The number of nitrogens with zero attached hydrogens (tertiary/aromatic N) is 2. The first-order valence-corrected chi connectivity index (χ1v) is 8.82. The number of hydrogen-bond donors (Lipinski definition) is 2. The molecule has 0 bridgehead atoms. The Hall–Kier alpha value is -3.15. The SMILES string of the molecule is Cc1cccc(C)c1NC(=O)[C@H]1CN(c2c(C)cccc2C)C(=O)/C1=N/O. The molecule has 140 valence electrons. The molecule has 0 unspecified atom stereocenters. The van der Waals surface area contributed by atoms with E-state index in [1.54, 1.807) is 0 Å². The number of para-hydroxylation sites is 2. The fourth-order valence-electron chi connectivity index (χ4n) is 3.61. The summed E-state index contributed by atoms with van der Waals surface area (Å²) in [6.45, 7) is 7.78. The number of nitrogens with one attached hydrogen (secondary N) is 1. The molecule has 3 rings (SSSR count). The number of benzene rings is 2. The summed E-state index contributed by atoms with van der Waals surface area (Å²) >= 11 is 0. The van der Waals surface area contributed by atoms with Crippen LogP contribution in [0.5, 0.6) is 0 Å². The normalized spacial score (nSPS) is 18.2. The zero-order valence-electron chi connectivity index (χ0n) is 15.9. The van der Waals surface area contributed by atoms with Crippen molar-refractivity contribution < 1.29 is 14.8 Å². The van der Waals surface area contributed by atoms with Crippen molar-refractivity contribution in [2.75, 3.05) is 16.8 Å². The number of carbonyl (C=O) groups excluding carboxylic acids is 2. The molecule has 0 spiro atoms. The molecule has 1 fully saturated rings. The van der Waals surface area contributed by atoms with Gasteiger partial charge in [0.1, 0.15) is 5.92 Å². The van der Waals surface area contributed by atoms with Gasteiger partial charge in [0.15, 0.2) is 5.71 Å². The minimum absolute atomic E-state index is 0.138. The second-order valence-corrected chi connectivity index (χ2v) is 6.95. The average Bonchev–Trinajstić information content (AvgIpc) is 2.94. The highest BCUT2D eigenvalue weighted by Crippen LogP contribution is 2.31. The first-order valence-electron chi connectivity index (χ1n) is 8.82. The van der Waals surface area contributed by atoms with Crippen LogP contribution in [0.4, 0.5) is 11.4 Å². The van der Waals surface area contributed by atoms with Gasteiger partial charge in [-0.1, -0.05) is 41.6 Å². The highest BCUT2D eigenvalue weighted by molar-refractivity contribution is 6.50. The molecule has 1 atom stereocenters. The first kappa shape index (κ1) is 18.6. The maximum absolute atomic E-state index is 12.9. The molecule has 2 aromatic rings. The topological polar surface area (TPSA) is 82.0 Å². The predicted octanol–water partition coefficient (Wildman–Crippen LogP) is 3.35. The van der Waals surface area contributed by atoms with Crippen LogP contribution in [0.2, 0.25) is 0 Å². The van der Waals surface area contributed by atoms with E-state index in [2.05, 4.69) is 10.5 Å². The van der Waals surface area contributed by atoms with Crippen LogP contribution < -0.4 is 10.2 Å². The molecular formula is C21H23N3O3. The molecule has 6 heteroatoms. The molecule has 1 aliphatic rings. The van der Waals surface area contributed by atoms with Crippen LogP contribution >= 0.6 is 0 Å². The zero-order valence-corrected chi connectivity index (χ0v) is 15.9. The van der Waals surface area contributed by atoms with Gasteiger partial charge < -0.3 is 15.4 Å². The van der Waals surface area contributed by atoms with Gasteiger partial charge >= 0.3 is 0 Å². The van der Waals surface area contributed by atoms with E-state index in [4.69, 9.17) is 0 Å². The van der Waals surface area contributed by atoms with Gasteiger partial charge in [-0.15, -0.1) is 0 Å². The lowest BCUT2D eigenvalue weighted by molar-refractivity contribution is -0.118. The highest BCUT2D eigenvalue weighted by Gasteiger charge is 2.43. The summed E-state index contributed by atoms with van der Waals surface area (Å²) in [6.07, 6.45) is 0. The molecule has 6 nitrogen and oxygen atoms in total. The molecule has 1 aliphatic heterocycles. The largest absolute Gasteiger partial charge is 0.410 e. The molecule has 27 heavy (non-hydrogen) atoms. The second-order valence-electron chi connectivity index (χ2n) is 6.95. The maximum Gasteiger partial charge on any atom is 0.277 e. The quantitative estimate of drug-likeness (QED) is 0.646. The van der Waals surface area contributed by atoms with E-state index in [0.717, 1.165) is 33.6 Å². The standard InChI is InChI=1S/C21H23N3O3/c1-12-7-5-8-13(2)17(12)22-20(25)16-11-24(21(26)18(16)23-27)19-14(3)9-6-10-15(19)4/h5-10,16,27H,11H2,1-4H3,(H,22,25)/b23-18+/t16-/m0/s1. The van der Waals surface area contributed by atoms with Crippen molar-refractivity contribution >= 4 is 28.9 Å². The minimum atomic E-state index is -0.847. The van der Waals surface area contributed by atoms with Gasteiger partial charge in [-0.25, -0.2) is 0 Å². The van der Waals surface area contributed by atoms with Crippen LogP contribution in [0.15, 0.2) is 41.6 Å². The Bertz CT molecular complexity index is 909. The number of amides is 2. The Labute approximate surface area is 158 Å². The molecule has 0 aliphatic carbocycles. The summed E-state index contributed by atoms with van der Waals surface area (Å²) in [5, 5.41) is 15.4. The second kappa shape index (κ2) is 7.23. The van der Waals surface area contributed by atoms with Crippen molar-refractivity contribution in [1.29, 1.82) is 0 Å². The van der Waals surface area contributed by atoms with Crippen molar-refractivity contribution in [2.45, 2.75) is 27.7 Å². The van der Waals surface area contributed by atoms with Crippen LogP contribution in [0.1, 0.15) is 22.3 Å². The van der Waals surface area contributed by atoms with E-state index in [-0.39, 0.29) is 18.2 Å². The molecule has 2 N–H and O–H groups in total. The summed E-state index contributed by atoms with van der Waals surface area (Å²) in [6, 6.07) is 11.5. The van der Waals surface area contributed by atoms with Gasteiger partial charge in [-0.2, -0.15) is 0 Å².